The Bertz CT molecular complexity index is 455. The Morgan fingerprint density at radius 2 is 2.11 bits per heavy atom. The minimum Gasteiger partial charge on any atom is -0.464 e. The van der Waals surface area contributed by atoms with Crippen molar-refractivity contribution in [3.8, 4) is 0 Å². The number of hydrogen-bond acceptors (Lipinski definition) is 3. The molecule has 0 bridgehead atoms. The van der Waals surface area contributed by atoms with Crippen LogP contribution in [0, 0.1) is 5.92 Å². The molecule has 1 saturated carbocycles. The molecule has 1 fully saturated rings. The molecule has 1 heterocycles. The predicted octanol–water partition coefficient (Wildman–Crippen LogP) is 1.56. The second-order valence-electron chi connectivity index (χ2n) is 4.79. The highest BCUT2D eigenvalue weighted by Gasteiger charge is 2.24. The number of hydrogen-bond donors (Lipinski definition) is 2. The van der Waals surface area contributed by atoms with Gasteiger partial charge in [0, 0.05) is 18.0 Å². The van der Waals surface area contributed by atoms with Crippen molar-refractivity contribution in [1.82, 2.24) is 9.55 Å². The van der Waals surface area contributed by atoms with Crippen LogP contribution >= 0.6 is 0 Å². The molecule has 2 rings (SSSR count). The molecule has 1 aliphatic carbocycles. The van der Waals surface area contributed by atoms with Gasteiger partial charge in [0.1, 0.15) is 6.33 Å². The number of carbonyl (C=O) groups is 2. The van der Waals surface area contributed by atoms with E-state index in [1.54, 1.807) is 6.20 Å². The zero-order valence-corrected chi connectivity index (χ0v) is 10.1. The maximum absolute atomic E-state index is 11.2. The summed E-state index contributed by atoms with van der Waals surface area (Å²) in [7, 11) is 0. The maximum atomic E-state index is 11.2. The van der Waals surface area contributed by atoms with E-state index in [4.69, 9.17) is 10.8 Å². The fourth-order valence-electron chi connectivity index (χ4n) is 2.54. The molecule has 0 spiro atoms. The van der Waals surface area contributed by atoms with Crippen LogP contribution in [0.1, 0.15) is 43.7 Å². The first-order valence-electron chi connectivity index (χ1n) is 6.14. The van der Waals surface area contributed by atoms with E-state index >= 15 is 0 Å². The van der Waals surface area contributed by atoms with Crippen molar-refractivity contribution in [3.05, 3.63) is 18.2 Å². The van der Waals surface area contributed by atoms with E-state index in [0.29, 0.717) is 0 Å². The number of amides is 1. The molecule has 2 atom stereocenters. The van der Waals surface area contributed by atoms with Crippen molar-refractivity contribution < 1.29 is 14.7 Å². The van der Waals surface area contributed by atoms with Gasteiger partial charge in [-0.1, -0.05) is 6.42 Å². The smallest absolute Gasteiger partial charge is 0.416 e. The van der Waals surface area contributed by atoms with Gasteiger partial charge in [-0.2, -0.15) is 0 Å². The molecule has 18 heavy (non-hydrogen) atoms. The lowest BCUT2D eigenvalue weighted by Crippen LogP contribution is -2.22. The molecular formula is C12H17N3O3. The standard InChI is InChI=1S/C12H17N3O3/c13-11(16)9-3-1-2-8(4-5-9)10-6-15(7-14-10)12(17)18/h6-9H,1-5H2,(H2,13,16)(H,17,18). The summed E-state index contributed by atoms with van der Waals surface area (Å²) in [5.41, 5.74) is 6.12. The Morgan fingerprint density at radius 1 is 1.33 bits per heavy atom. The second kappa shape index (κ2) is 5.20. The topological polar surface area (TPSA) is 98.2 Å². The zero-order chi connectivity index (χ0) is 13.1. The van der Waals surface area contributed by atoms with E-state index in [1.165, 1.54) is 6.33 Å². The van der Waals surface area contributed by atoms with Crippen LogP contribution in [0.2, 0.25) is 0 Å². The number of primary amides is 1. The molecule has 1 aromatic rings. The van der Waals surface area contributed by atoms with Gasteiger partial charge in [-0.05, 0) is 25.7 Å². The molecule has 1 amide bonds. The van der Waals surface area contributed by atoms with E-state index in [9.17, 15) is 9.59 Å². The van der Waals surface area contributed by atoms with Crippen LogP contribution < -0.4 is 5.73 Å². The van der Waals surface area contributed by atoms with Gasteiger partial charge in [-0.25, -0.2) is 14.3 Å². The van der Waals surface area contributed by atoms with Crippen LogP contribution in [0.3, 0.4) is 0 Å². The number of imidazole rings is 1. The van der Waals surface area contributed by atoms with Crippen molar-refractivity contribution in [2.45, 2.75) is 38.0 Å². The van der Waals surface area contributed by atoms with Gasteiger partial charge in [0.05, 0.1) is 5.69 Å². The summed E-state index contributed by atoms with van der Waals surface area (Å²) in [6, 6.07) is 0. The molecular weight excluding hydrogens is 234 g/mol. The fourth-order valence-corrected chi connectivity index (χ4v) is 2.54. The van der Waals surface area contributed by atoms with E-state index in [1.807, 2.05) is 0 Å². The van der Waals surface area contributed by atoms with Crippen molar-refractivity contribution >= 4 is 12.0 Å². The maximum Gasteiger partial charge on any atom is 0.416 e. The third-order valence-electron chi connectivity index (χ3n) is 3.61. The number of rotatable bonds is 2. The average molecular weight is 251 g/mol. The molecule has 1 aliphatic rings. The highest BCUT2D eigenvalue weighted by Crippen LogP contribution is 2.33. The van der Waals surface area contributed by atoms with Crippen LogP contribution in [-0.2, 0) is 4.79 Å². The molecule has 0 radical (unpaired) electrons. The first kappa shape index (κ1) is 12.6. The number of aromatic nitrogens is 2. The molecule has 2 unspecified atom stereocenters. The van der Waals surface area contributed by atoms with E-state index in [0.717, 1.165) is 42.4 Å². The molecule has 0 saturated heterocycles. The Kier molecular flexibility index (Phi) is 3.64. The average Bonchev–Trinajstić information content (AvgIpc) is 2.67. The summed E-state index contributed by atoms with van der Waals surface area (Å²) in [4.78, 5) is 26.1. The largest absolute Gasteiger partial charge is 0.464 e. The van der Waals surface area contributed by atoms with Gasteiger partial charge in [0.2, 0.25) is 5.91 Å². The molecule has 3 N–H and O–H groups in total. The molecule has 0 aromatic carbocycles. The normalized spacial score (nSPS) is 24.4. The first-order valence-corrected chi connectivity index (χ1v) is 6.14. The number of nitrogens with two attached hydrogens (primary N) is 1. The highest BCUT2D eigenvalue weighted by atomic mass is 16.4. The summed E-state index contributed by atoms with van der Waals surface area (Å²) in [6.07, 6.45) is 6.12. The summed E-state index contributed by atoms with van der Waals surface area (Å²) in [6.45, 7) is 0. The lowest BCUT2D eigenvalue weighted by molar-refractivity contribution is -0.122. The summed E-state index contributed by atoms with van der Waals surface area (Å²) in [5.74, 6) is -0.0433. The third-order valence-corrected chi connectivity index (χ3v) is 3.61. The quantitative estimate of drug-likeness (QED) is 0.779. The van der Waals surface area contributed by atoms with Gasteiger partial charge >= 0.3 is 6.09 Å². The lowest BCUT2D eigenvalue weighted by Gasteiger charge is -2.11. The number of nitrogens with zero attached hydrogens (tertiary/aromatic N) is 2. The van der Waals surface area contributed by atoms with E-state index in [2.05, 4.69) is 4.98 Å². The molecule has 98 valence electrons. The third kappa shape index (κ3) is 2.69. The van der Waals surface area contributed by atoms with E-state index < -0.39 is 6.09 Å². The minimum atomic E-state index is -1.03. The van der Waals surface area contributed by atoms with Gasteiger partial charge in [0.25, 0.3) is 0 Å². The SMILES string of the molecule is NC(=O)C1CCCC(c2cn(C(=O)O)cn2)CC1. The Morgan fingerprint density at radius 3 is 2.72 bits per heavy atom. The van der Waals surface area contributed by atoms with Crippen LogP contribution in [-0.4, -0.2) is 26.7 Å². The van der Waals surface area contributed by atoms with Crippen LogP contribution in [0.15, 0.2) is 12.5 Å². The summed E-state index contributed by atoms with van der Waals surface area (Å²) >= 11 is 0. The molecule has 6 nitrogen and oxygen atoms in total. The van der Waals surface area contributed by atoms with Crippen LogP contribution in [0.4, 0.5) is 4.79 Å². The first-order chi connectivity index (χ1) is 8.58. The van der Waals surface area contributed by atoms with Crippen LogP contribution in [0.25, 0.3) is 0 Å². The fraction of sp³-hybridized carbons (Fsp3) is 0.583. The lowest BCUT2D eigenvalue weighted by atomic mass is 9.96. The van der Waals surface area contributed by atoms with Gasteiger partial charge in [0.15, 0.2) is 0 Å². The van der Waals surface area contributed by atoms with Crippen molar-refractivity contribution in [3.63, 3.8) is 0 Å². The number of carbonyl (C=O) groups excluding carboxylic acids is 1. The second-order valence-corrected chi connectivity index (χ2v) is 4.79. The van der Waals surface area contributed by atoms with Gasteiger partial charge < -0.3 is 10.8 Å². The molecule has 1 aromatic heterocycles. The summed E-state index contributed by atoms with van der Waals surface area (Å²) in [5, 5.41) is 8.83. The highest BCUT2D eigenvalue weighted by molar-refractivity contribution is 5.76. The zero-order valence-electron chi connectivity index (χ0n) is 10.1. The molecule has 6 heteroatoms. The minimum absolute atomic E-state index is 0.0449. The van der Waals surface area contributed by atoms with E-state index in [-0.39, 0.29) is 17.7 Å². The number of carboxylic acid groups (broad SMARTS) is 1. The predicted molar refractivity (Wildman–Crippen MR) is 64.2 cm³/mol. The van der Waals surface area contributed by atoms with Crippen molar-refractivity contribution in [1.29, 1.82) is 0 Å². The van der Waals surface area contributed by atoms with Crippen molar-refractivity contribution in [2.75, 3.05) is 0 Å². The van der Waals surface area contributed by atoms with Crippen LogP contribution in [0.5, 0.6) is 0 Å². The monoisotopic (exact) mass is 251 g/mol. The summed E-state index contributed by atoms with van der Waals surface area (Å²) < 4.78 is 1.06. The Balaban J connectivity index is 2.05. The van der Waals surface area contributed by atoms with Gasteiger partial charge in [-0.3, -0.25) is 4.79 Å². The van der Waals surface area contributed by atoms with Gasteiger partial charge in [-0.15, -0.1) is 0 Å². The molecule has 0 aliphatic heterocycles. The van der Waals surface area contributed by atoms with Crippen molar-refractivity contribution in [2.24, 2.45) is 11.7 Å². The Hall–Kier alpha value is -1.85. The Labute approximate surface area is 105 Å².